The van der Waals surface area contributed by atoms with Gasteiger partial charge < -0.3 is 25.0 Å². The molecule has 2 aromatic rings. The number of nitrogens with zero attached hydrogens (tertiary/aromatic N) is 4. The Morgan fingerprint density at radius 1 is 1.19 bits per heavy atom. The van der Waals surface area contributed by atoms with Crippen LogP contribution in [0, 0.1) is 11.2 Å². The van der Waals surface area contributed by atoms with Crippen molar-refractivity contribution in [2.24, 2.45) is 5.41 Å². The Morgan fingerprint density at radius 3 is 2.71 bits per heavy atom. The smallest absolute Gasteiger partial charge is 0.410 e. The number of ether oxygens (including phenoxy) is 2. The molecule has 2 aliphatic rings. The summed E-state index contributed by atoms with van der Waals surface area (Å²) in [5, 5.41) is 0. The lowest BCUT2D eigenvalue weighted by Gasteiger charge is -2.27. The minimum Gasteiger partial charge on any atom is -0.450 e. The van der Waals surface area contributed by atoms with Crippen molar-refractivity contribution in [3.63, 3.8) is 0 Å². The highest BCUT2D eigenvalue weighted by atomic mass is 19.1. The van der Waals surface area contributed by atoms with E-state index in [0.717, 1.165) is 25.9 Å². The predicted octanol–water partition coefficient (Wildman–Crippen LogP) is 3.83. The molecule has 0 saturated carbocycles. The summed E-state index contributed by atoms with van der Waals surface area (Å²) < 4.78 is 24.8. The lowest BCUT2D eigenvalue weighted by molar-refractivity contribution is 0.0276. The van der Waals surface area contributed by atoms with Crippen LogP contribution in [0.1, 0.15) is 33.6 Å². The molecule has 1 aromatic heterocycles. The molecule has 2 aliphatic heterocycles. The molecule has 3 heterocycles. The quantitative estimate of drug-likeness (QED) is 0.741. The Morgan fingerprint density at radius 2 is 1.97 bits per heavy atom. The highest BCUT2D eigenvalue weighted by Gasteiger charge is 2.46. The van der Waals surface area contributed by atoms with Crippen molar-refractivity contribution in [2.75, 3.05) is 36.8 Å². The Balaban J connectivity index is 1.47. The Labute approximate surface area is 181 Å². The standard InChI is InChI=1S/C22H28FN5O3/c1-21(2,3)31-20(29)28-9-7-22(13-28)6-8-27(12-22)19-18(11-25-14-26-19)30-17-5-4-15(23)10-16(17)24/h4-5,10-11,14H,6-9,12-13,24H2,1-3H3. The third kappa shape index (κ3) is 4.65. The monoisotopic (exact) mass is 429 g/mol. The second kappa shape index (κ2) is 7.86. The summed E-state index contributed by atoms with van der Waals surface area (Å²) in [6.07, 6.45) is 4.64. The molecule has 166 valence electrons. The van der Waals surface area contributed by atoms with Crippen molar-refractivity contribution >= 4 is 17.6 Å². The summed E-state index contributed by atoms with van der Waals surface area (Å²) in [7, 11) is 0. The molecule has 2 N–H and O–H groups in total. The maximum absolute atomic E-state index is 13.4. The van der Waals surface area contributed by atoms with Gasteiger partial charge in [0.1, 0.15) is 17.7 Å². The molecular weight excluding hydrogens is 401 g/mol. The second-order valence-corrected chi connectivity index (χ2v) is 9.32. The molecule has 1 atom stereocenters. The number of benzene rings is 1. The number of hydrogen-bond acceptors (Lipinski definition) is 7. The van der Waals surface area contributed by atoms with Crippen molar-refractivity contribution in [3.8, 4) is 11.5 Å². The van der Waals surface area contributed by atoms with Crippen LogP contribution in [0.2, 0.25) is 0 Å². The summed E-state index contributed by atoms with van der Waals surface area (Å²) in [6.45, 7) is 8.50. The normalized spacial score (nSPS) is 21.0. The molecule has 1 unspecified atom stereocenters. The van der Waals surface area contributed by atoms with Gasteiger partial charge in [-0.15, -0.1) is 0 Å². The first-order valence-electron chi connectivity index (χ1n) is 10.4. The van der Waals surface area contributed by atoms with Gasteiger partial charge in [0.15, 0.2) is 17.3 Å². The van der Waals surface area contributed by atoms with Gasteiger partial charge in [-0.1, -0.05) is 0 Å². The summed E-state index contributed by atoms with van der Waals surface area (Å²) in [6, 6.07) is 4.00. The van der Waals surface area contributed by atoms with Crippen LogP contribution in [0.4, 0.5) is 20.7 Å². The van der Waals surface area contributed by atoms with E-state index in [4.69, 9.17) is 15.2 Å². The molecule has 1 aromatic carbocycles. The molecule has 9 heteroatoms. The molecule has 0 radical (unpaired) electrons. The topological polar surface area (TPSA) is 93.8 Å². The van der Waals surface area contributed by atoms with Crippen LogP contribution in [-0.2, 0) is 4.74 Å². The first-order valence-corrected chi connectivity index (χ1v) is 10.4. The fourth-order valence-corrected chi connectivity index (χ4v) is 4.22. The van der Waals surface area contributed by atoms with Crippen molar-refractivity contribution in [2.45, 2.75) is 39.2 Å². The van der Waals surface area contributed by atoms with Crippen molar-refractivity contribution in [1.82, 2.24) is 14.9 Å². The number of likely N-dealkylation sites (tertiary alicyclic amines) is 1. The first kappa shape index (κ1) is 21.1. The minimum atomic E-state index is -0.510. The van der Waals surface area contributed by atoms with Crippen LogP contribution in [0.5, 0.6) is 11.5 Å². The zero-order valence-electron chi connectivity index (χ0n) is 18.1. The van der Waals surface area contributed by atoms with E-state index >= 15 is 0 Å². The third-order valence-corrected chi connectivity index (χ3v) is 5.68. The van der Waals surface area contributed by atoms with Crippen LogP contribution in [0.25, 0.3) is 0 Å². The van der Waals surface area contributed by atoms with E-state index in [0.29, 0.717) is 30.4 Å². The van der Waals surface area contributed by atoms with E-state index in [1.165, 1.54) is 24.5 Å². The fourth-order valence-electron chi connectivity index (χ4n) is 4.22. The first-order chi connectivity index (χ1) is 14.6. The van der Waals surface area contributed by atoms with Crippen molar-refractivity contribution in [1.29, 1.82) is 0 Å². The van der Waals surface area contributed by atoms with E-state index in [1.807, 2.05) is 20.8 Å². The molecule has 2 saturated heterocycles. The fraction of sp³-hybridized carbons (Fsp3) is 0.500. The molecule has 1 amide bonds. The van der Waals surface area contributed by atoms with Gasteiger partial charge in [-0.2, -0.15) is 0 Å². The summed E-state index contributed by atoms with van der Waals surface area (Å²) in [4.78, 5) is 24.9. The van der Waals surface area contributed by atoms with Crippen LogP contribution in [0.15, 0.2) is 30.7 Å². The average Bonchev–Trinajstić information content (AvgIpc) is 3.30. The Bertz CT molecular complexity index is 980. The van der Waals surface area contributed by atoms with Crippen molar-refractivity contribution in [3.05, 3.63) is 36.5 Å². The lowest BCUT2D eigenvalue weighted by atomic mass is 9.86. The van der Waals surface area contributed by atoms with Gasteiger partial charge in [0.25, 0.3) is 0 Å². The molecule has 1 spiro atoms. The van der Waals surface area contributed by atoms with Gasteiger partial charge >= 0.3 is 6.09 Å². The van der Waals surface area contributed by atoms with Gasteiger partial charge in [0.05, 0.1) is 11.9 Å². The summed E-state index contributed by atoms with van der Waals surface area (Å²) in [5.74, 6) is 1.04. The maximum Gasteiger partial charge on any atom is 0.410 e. The van der Waals surface area contributed by atoms with Crippen LogP contribution in [0.3, 0.4) is 0 Å². The number of anilines is 2. The van der Waals surface area contributed by atoms with E-state index in [1.54, 1.807) is 11.1 Å². The SMILES string of the molecule is CC(C)(C)OC(=O)N1CCC2(CCN(c3ncncc3Oc3ccc(F)cc3N)C2)C1. The Kier molecular flexibility index (Phi) is 5.36. The molecule has 0 aliphatic carbocycles. The number of amides is 1. The third-order valence-electron chi connectivity index (χ3n) is 5.68. The predicted molar refractivity (Wildman–Crippen MR) is 115 cm³/mol. The zero-order valence-corrected chi connectivity index (χ0v) is 18.1. The number of rotatable bonds is 3. The number of nitrogen functional groups attached to an aromatic ring is 1. The minimum absolute atomic E-state index is 0.00593. The molecular formula is C22H28FN5O3. The van der Waals surface area contributed by atoms with Crippen LogP contribution in [-0.4, -0.2) is 52.7 Å². The highest BCUT2D eigenvalue weighted by molar-refractivity contribution is 5.68. The lowest BCUT2D eigenvalue weighted by Crippen LogP contribution is -2.37. The number of hydrogen-bond donors (Lipinski definition) is 1. The van der Waals surface area contributed by atoms with Crippen molar-refractivity contribution < 1.29 is 18.7 Å². The van der Waals surface area contributed by atoms with Gasteiger partial charge in [-0.05, 0) is 45.7 Å². The number of halogens is 1. The van der Waals surface area contributed by atoms with Gasteiger partial charge in [-0.25, -0.2) is 19.2 Å². The van der Waals surface area contributed by atoms with Crippen LogP contribution < -0.4 is 15.4 Å². The van der Waals surface area contributed by atoms with Gasteiger partial charge in [0, 0.05) is 37.7 Å². The van der Waals surface area contributed by atoms with Gasteiger partial charge in [0.2, 0.25) is 0 Å². The molecule has 31 heavy (non-hydrogen) atoms. The largest absolute Gasteiger partial charge is 0.450 e. The molecule has 0 bridgehead atoms. The van der Waals surface area contributed by atoms with Crippen LogP contribution >= 0.6 is 0 Å². The second-order valence-electron chi connectivity index (χ2n) is 9.32. The number of carbonyl (C=O) groups excluding carboxylic acids is 1. The maximum atomic E-state index is 13.4. The number of carbonyl (C=O) groups is 1. The Hall–Kier alpha value is -3.10. The van der Waals surface area contributed by atoms with Gasteiger partial charge in [-0.3, -0.25) is 0 Å². The summed E-state index contributed by atoms with van der Waals surface area (Å²) in [5.41, 5.74) is 5.57. The van der Waals surface area contributed by atoms with E-state index in [9.17, 15) is 9.18 Å². The molecule has 4 rings (SSSR count). The molecule has 2 fully saturated rings. The highest BCUT2D eigenvalue weighted by Crippen LogP contribution is 2.43. The van der Waals surface area contributed by atoms with E-state index in [-0.39, 0.29) is 17.2 Å². The molecule has 8 nitrogen and oxygen atoms in total. The van der Waals surface area contributed by atoms with E-state index in [2.05, 4.69) is 14.9 Å². The number of nitrogens with two attached hydrogens (primary N) is 1. The number of aromatic nitrogens is 2. The summed E-state index contributed by atoms with van der Waals surface area (Å²) >= 11 is 0. The average molecular weight is 429 g/mol. The van der Waals surface area contributed by atoms with E-state index < -0.39 is 11.4 Å². The zero-order chi connectivity index (χ0) is 22.2.